The van der Waals surface area contributed by atoms with E-state index in [0.717, 1.165) is 54.8 Å². The first-order valence-electron chi connectivity index (χ1n) is 12.3. The maximum atomic E-state index is 14.5. The van der Waals surface area contributed by atoms with Gasteiger partial charge in [-0.3, -0.25) is 14.8 Å². The highest BCUT2D eigenvalue weighted by Crippen LogP contribution is 2.38. The number of aryl methyl sites for hydroxylation is 1. The standard InChI is InChI=1S/C26H31F2N5O3S/c1-26(2,3)36-25(35)32-24-20(31-23(37-24)19-16(27)12-9-13-17(19)28)22(34)30-18-14-29-33(4)21(18)15-10-7-5-6-8-11-15/h9,12-15H,5-8,10-11H2,1-4H3,(H,30,34)(H,32,35). The average molecular weight is 532 g/mol. The lowest BCUT2D eigenvalue weighted by atomic mass is 9.95. The van der Waals surface area contributed by atoms with Gasteiger partial charge in [0.2, 0.25) is 0 Å². The number of nitrogens with zero attached hydrogens (tertiary/aromatic N) is 3. The van der Waals surface area contributed by atoms with E-state index >= 15 is 0 Å². The van der Waals surface area contributed by atoms with Crippen molar-refractivity contribution >= 4 is 34.0 Å². The van der Waals surface area contributed by atoms with Crippen LogP contribution in [0.25, 0.3) is 10.6 Å². The van der Waals surface area contributed by atoms with Gasteiger partial charge in [0.25, 0.3) is 5.91 Å². The van der Waals surface area contributed by atoms with E-state index in [2.05, 4.69) is 20.7 Å². The average Bonchev–Trinajstić information content (AvgIpc) is 3.25. The molecule has 0 atom stereocenters. The molecule has 1 aliphatic rings. The molecule has 2 N–H and O–H groups in total. The zero-order chi connectivity index (χ0) is 26.7. The number of ether oxygens (including phenoxy) is 1. The number of carbonyl (C=O) groups excluding carboxylic acids is 2. The van der Waals surface area contributed by atoms with Crippen LogP contribution < -0.4 is 10.6 Å². The predicted octanol–water partition coefficient (Wildman–Crippen LogP) is 6.86. The summed E-state index contributed by atoms with van der Waals surface area (Å²) >= 11 is 0.790. The van der Waals surface area contributed by atoms with Gasteiger partial charge < -0.3 is 10.1 Å². The molecular weight excluding hydrogens is 500 g/mol. The molecule has 0 bridgehead atoms. The maximum absolute atomic E-state index is 14.5. The molecule has 37 heavy (non-hydrogen) atoms. The molecule has 2 amide bonds. The van der Waals surface area contributed by atoms with Crippen LogP contribution in [0, 0.1) is 11.6 Å². The number of thiazole rings is 1. The summed E-state index contributed by atoms with van der Waals surface area (Å²) in [6.07, 6.45) is 7.36. The lowest BCUT2D eigenvalue weighted by molar-refractivity contribution is 0.0636. The van der Waals surface area contributed by atoms with Crippen molar-refractivity contribution in [1.82, 2.24) is 14.8 Å². The minimum absolute atomic E-state index is 0.0179. The molecule has 0 aliphatic heterocycles. The Hall–Kier alpha value is -3.34. The van der Waals surface area contributed by atoms with E-state index < -0.39 is 29.2 Å². The topological polar surface area (TPSA) is 98.1 Å². The minimum atomic E-state index is -0.826. The third kappa shape index (κ3) is 6.33. The van der Waals surface area contributed by atoms with Crippen LogP contribution in [0.4, 0.5) is 24.3 Å². The molecule has 0 saturated heterocycles. The molecule has 11 heteroatoms. The smallest absolute Gasteiger partial charge is 0.412 e. The van der Waals surface area contributed by atoms with Gasteiger partial charge in [-0.2, -0.15) is 5.10 Å². The number of carbonyl (C=O) groups is 2. The van der Waals surface area contributed by atoms with Crippen molar-refractivity contribution in [2.75, 3.05) is 10.6 Å². The molecule has 1 saturated carbocycles. The van der Waals surface area contributed by atoms with Crippen LogP contribution in [0.5, 0.6) is 0 Å². The van der Waals surface area contributed by atoms with Gasteiger partial charge in [-0.1, -0.05) is 43.1 Å². The molecule has 8 nitrogen and oxygen atoms in total. The zero-order valence-corrected chi connectivity index (χ0v) is 22.2. The number of rotatable bonds is 5. The highest BCUT2D eigenvalue weighted by Gasteiger charge is 2.28. The number of hydrogen-bond acceptors (Lipinski definition) is 6. The number of nitrogens with one attached hydrogen (secondary N) is 2. The summed E-state index contributed by atoms with van der Waals surface area (Å²) in [5, 5.41) is 9.67. The fourth-order valence-corrected chi connectivity index (χ4v) is 5.52. The molecule has 3 aromatic rings. The van der Waals surface area contributed by atoms with Crippen molar-refractivity contribution in [3.63, 3.8) is 0 Å². The first-order chi connectivity index (χ1) is 17.5. The maximum Gasteiger partial charge on any atom is 0.412 e. The largest absolute Gasteiger partial charge is 0.444 e. The number of benzene rings is 1. The van der Waals surface area contributed by atoms with E-state index in [1.807, 2.05) is 7.05 Å². The highest BCUT2D eigenvalue weighted by molar-refractivity contribution is 7.19. The molecule has 0 unspecified atom stereocenters. The Balaban J connectivity index is 1.68. The molecule has 0 radical (unpaired) electrons. The Kier molecular flexibility index (Phi) is 7.91. The van der Waals surface area contributed by atoms with E-state index in [0.29, 0.717) is 5.69 Å². The van der Waals surface area contributed by atoms with Crippen molar-refractivity contribution in [3.8, 4) is 10.6 Å². The van der Waals surface area contributed by atoms with Gasteiger partial charge in [-0.15, -0.1) is 0 Å². The van der Waals surface area contributed by atoms with E-state index in [1.165, 1.54) is 18.9 Å². The third-order valence-corrected chi connectivity index (χ3v) is 7.10. The van der Waals surface area contributed by atoms with Gasteiger partial charge >= 0.3 is 6.09 Å². The van der Waals surface area contributed by atoms with Crippen LogP contribution in [0.15, 0.2) is 24.4 Å². The third-order valence-electron chi connectivity index (χ3n) is 6.11. The molecular formula is C26H31F2N5O3S. The van der Waals surface area contributed by atoms with Gasteiger partial charge in [0, 0.05) is 13.0 Å². The van der Waals surface area contributed by atoms with Gasteiger partial charge in [-0.25, -0.2) is 18.6 Å². The molecule has 198 valence electrons. The Bertz CT molecular complexity index is 1270. The number of anilines is 2. The SMILES string of the molecule is Cn1ncc(NC(=O)c2nc(-c3c(F)cccc3F)sc2NC(=O)OC(C)(C)C)c1C1CCCCCC1. The van der Waals surface area contributed by atoms with Crippen LogP contribution in [0.1, 0.15) is 81.4 Å². The number of amides is 2. The van der Waals surface area contributed by atoms with Crippen molar-refractivity contribution in [2.24, 2.45) is 7.05 Å². The molecule has 1 aromatic carbocycles. The second-order valence-corrected chi connectivity index (χ2v) is 11.1. The zero-order valence-electron chi connectivity index (χ0n) is 21.4. The van der Waals surface area contributed by atoms with E-state index in [1.54, 1.807) is 31.6 Å². The number of halogens is 2. The van der Waals surface area contributed by atoms with E-state index in [-0.39, 0.29) is 27.2 Å². The van der Waals surface area contributed by atoms with Crippen LogP contribution in [-0.4, -0.2) is 32.4 Å². The Labute approximate surface area is 218 Å². The lowest BCUT2D eigenvalue weighted by Gasteiger charge is -2.19. The van der Waals surface area contributed by atoms with Crippen molar-refractivity contribution < 1.29 is 23.1 Å². The number of aromatic nitrogens is 3. The predicted molar refractivity (Wildman–Crippen MR) is 139 cm³/mol. The van der Waals surface area contributed by atoms with E-state index in [9.17, 15) is 18.4 Å². The Morgan fingerprint density at radius 3 is 2.35 bits per heavy atom. The second-order valence-electron chi connectivity index (χ2n) is 10.1. The first-order valence-corrected chi connectivity index (χ1v) is 13.1. The molecule has 0 spiro atoms. The summed E-state index contributed by atoms with van der Waals surface area (Å²) in [7, 11) is 1.84. The van der Waals surface area contributed by atoms with Crippen LogP contribution in [0.2, 0.25) is 0 Å². The fourth-order valence-electron chi connectivity index (χ4n) is 4.53. The molecule has 2 heterocycles. The second kappa shape index (κ2) is 11.0. The van der Waals surface area contributed by atoms with Crippen molar-refractivity contribution in [1.29, 1.82) is 0 Å². The molecule has 2 aromatic heterocycles. The monoisotopic (exact) mass is 531 g/mol. The molecule has 1 fully saturated rings. The van der Waals surface area contributed by atoms with Gasteiger partial charge in [0.1, 0.15) is 27.2 Å². The summed E-state index contributed by atoms with van der Waals surface area (Å²) in [5.41, 5.74) is 0.131. The summed E-state index contributed by atoms with van der Waals surface area (Å²) in [6.45, 7) is 5.10. The fraction of sp³-hybridized carbons (Fsp3) is 0.462. The summed E-state index contributed by atoms with van der Waals surface area (Å²) in [4.78, 5) is 30.2. The summed E-state index contributed by atoms with van der Waals surface area (Å²) in [6, 6.07) is 3.46. The Morgan fingerprint density at radius 2 is 1.73 bits per heavy atom. The van der Waals surface area contributed by atoms with Crippen molar-refractivity contribution in [3.05, 3.63) is 47.4 Å². The van der Waals surface area contributed by atoms with E-state index in [4.69, 9.17) is 4.74 Å². The lowest BCUT2D eigenvalue weighted by Crippen LogP contribution is -2.27. The van der Waals surface area contributed by atoms with Crippen LogP contribution in [-0.2, 0) is 11.8 Å². The van der Waals surface area contributed by atoms with Gasteiger partial charge in [0.05, 0.1) is 23.1 Å². The van der Waals surface area contributed by atoms with Gasteiger partial charge in [0.15, 0.2) is 5.69 Å². The molecule has 1 aliphatic carbocycles. The molecule has 4 rings (SSSR count). The highest BCUT2D eigenvalue weighted by atomic mass is 32.1. The first kappa shape index (κ1) is 26.7. The quantitative estimate of drug-likeness (QED) is 0.351. The van der Waals surface area contributed by atoms with Crippen LogP contribution in [0.3, 0.4) is 0 Å². The Morgan fingerprint density at radius 1 is 1.08 bits per heavy atom. The minimum Gasteiger partial charge on any atom is -0.444 e. The summed E-state index contributed by atoms with van der Waals surface area (Å²) < 4.78 is 36.1. The summed E-state index contributed by atoms with van der Waals surface area (Å²) in [5.74, 6) is -2.03. The van der Waals surface area contributed by atoms with Crippen LogP contribution >= 0.6 is 11.3 Å². The number of hydrogen-bond donors (Lipinski definition) is 2. The van der Waals surface area contributed by atoms with Crippen molar-refractivity contribution in [2.45, 2.75) is 70.8 Å². The normalized spacial score (nSPS) is 14.8. The van der Waals surface area contributed by atoms with Gasteiger partial charge in [-0.05, 0) is 45.7 Å².